The molecular formula is C33H25N3. The first-order valence-corrected chi connectivity index (χ1v) is 12.4. The van der Waals surface area contributed by atoms with Crippen molar-refractivity contribution < 1.29 is 0 Å². The van der Waals surface area contributed by atoms with Gasteiger partial charge in [0.2, 0.25) is 5.95 Å². The third-order valence-corrected chi connectivity index (χ3v) is 7.47. The van der Waals surface area contributed by atoms with E-state index in [4.69, 9.17) is 9.97 Å². The van der Waals surface area contributed by atoms with Gasteiger partial charge in [-0.05, 0) is 40.1 Å². The van der Waals surface area contributed by atoms with Crippen molar-refractivity contribution in [3.8, 4) is 11.3 Å². The number of benzene rings is 5. The van der Waals surface area contributed by atoms with Gasteiger partial charge in [-0.3, -0.25) is 4.90 Å². The lowest BCUT2D eigenvalue weighted by atomic mass is 9.74. The molecule has 36 heavy (non-hydrogen) atoms. The van der Waals surface area contributed by atoms with E-state index < -0.39 is 0 Å². The van der Waals surface area contributed by atoms with Crippen molar-refractivity contribution in [1.29, 1.82) is 0 Å². The summed E-state index contributed by atoms with van der Waals surface area (Å²) in [4.78, 5) is 12.7. The summed E-state index contributed by atoms with van der Waals surface area (Å²) < 4.78 is 0. The molecule has 1 aliphatic heterocycles. The fourth-order valence-electron chi connectivity index (χ4n) is 5.69. The van der Waals surface area contributed by atoms with Crippen molar-refractivity contribution in [2.75, 3.05) is 4.90 Å². The molecule has 0 fully saturated rings. The summed E-state index contributed by atoms with van der Waals surface area (Å²) in [6.07, 6.45) is 0. The molecule has 3 heteroatoms. The van der Waals surface area contributed by atoms with E-state index >= 15 is 0 Å². The molecule has 0 aliphatic carbocycles. The van der Waals surface area contributed by atoms with Crippen LogP contribution in [0.1, 0.15) is 25.0 Å². The Hall–Kier alpha value is -4.50. The van der Waals surface area contributed by atoms with Gasteiger partial charge in [-0.25, -0.2) is 9.97 Å². The summed E-state index contributed by atoms with van der Waals surface area (Å²) in [5, 5.41) is 3.45. The number of rotatable bonds is 2. The molecule has 0 spiro atoms. The number of nitrogens with zero attached hydrogens (tertiary/aromatic N) is 3. The molecular weight excluding hydrogens is 438 g/mol. The third-order valence-electron chi connectivity index (χ3n) is 7.47. The van der Waals surface area contributed by atoms with E-state index in [0.717, 1.165) is 33.5 Å². The second-order valence-corrected chi connectivity index (χ2v) is 9.91. The minimum Gasteiger partial charge on any atom is -0.279 e. The normalized spacial score (nSPS) is 14.0. The molecule has 0 bridgehead atoms. The Bertz CT molecular complexity index is 1730. The first kappa shape index (κ1) is 20.8. The van der Waals surface area contributed by atoms with Crippen molar-refractivity contribution >= 4 is 39.0 Å². The Morgan fingerprint density at radius 2 is 1.14 bits per heavy atom. The average molecular weight is 464 g/mol. The van der Waals surface area contributed by atoms with Crippen molar-refractivity contribution in [1.82, 2.24) is 9.97 Å². The van der Waals surface area contributed by atoms with E-state index in [1.54, 1.807) is 0 Å². The van der Waals surface area contributed by atoms with E-state index in [1.165, 1.54) is 21.9 Å². The van der Waals surface area contributed by atoms with Gasteiger partial charge in [0.1, 0.15) is 0 Å². The molecule has 0 N–H and O–H groups in total. The highest BCUT2D eigenvalue weighted by atomic mass is 15.3. The lowest BCUT2D eigenvalue weighted by molar-refractivity contribution is 0.631. The number of hydrogen-bond donors (Lipinski definition) is 0. The predicted molar refractivity (Wildman–Crippen MR) is 149 cm³/mol. The summed E-state index contributed by atoms with van der Waals surface area (Å²) in [6.45, 7) is 4.59. The Morgan fingerprint density at radius 1 is 0.556 bits per heavy atom. The third kappa shape index (κ3) is 2.99. The van der Waals surface area contributed by atoms with Crippen molar-refractivity contribution in [2.45, 2.75) is 19.3 Å². The van der Waals surface area contributed by atoms with Crippen LogP contribution in [0.15, 0.2) is 115 Å². The Morgan fingerprint density at radius 3 is 1.89 bits per heavy atom. The smallest absolute Gasteiger partial charge is 0.235 e. The van der Waals surface area contributed by atoms with Gasteiger partial charge in [0.25, 0.3) is 0 Å². The molecule has 5 aromatic carbocycles. The molecule has 7 rings (SSSR count). The van der Waals surface area contributed by atoms with Gasteiger partial charge in [0.15, 0.2) is 0 Å². The molecule has 172 valence electrons. The van der Waals surface area contributed by atoms with E-state index in [9.17, 15) is 0 Å². The van der Waals surface area contributed by atoms with Gasteiger partial charge < -0.3 is 0 Å². The Balaban J connectivity index is 1.56. The molecule has 6 aromatic rings. The summed E-state index contributed by atoms with van der Waals surface area (Å²) in [7, 11) is 0. The van der Waals surface area contributed by atoms with Crippen LogP contribution < -0.4 is 4.90 Å². The molecule has 1 aliphatic rings. The van der Waals surface area contributed by atoms with Crippen LogP contribution in [0.2, 0.25) is 0 Å². The highest BCUT2D eigenvalue weighted by Gasteiger charge is 2.37. The first-order valence-electron chi connectivity index (χ1n) is 12.4. The predicted octanol–water partition coefficient (Wildman–Crippen LogP) is 8.56. The zero-order chi connectivity index (χ0) is 24.3. The van der Waals surface area contributed by atoms with Gasteiger partial charge >= 0.3 is 0 Å². The standard InChI is InChI=1S/C33H25N3/c1-33(2)26-17-6-9-20-29(26)36(30-21-10-7-18-27(30)33)32-34-28-19-8-5-15-25(28)31(35-32)24-16-11-13-22-12-3-4-14-23(22)24/h3-21H,1-2H3. The van der Waals surface area contributed by atoms with E-state index in [-0.39, 0.29) is 5.41 Å². The van der Waals surface area contributed by atoms with Crippen LogP contribution >= 0.6 is 0 Å². The number of aromatic nitrogens is 2. The van der Waals surface area contributed by atoms with Gasteiger partial charge in [-0.15, -0.1) is 0 Å². The van der Waals surface area contributed by atoms with Crippen LogP contribution in [0.5, 0.6) is 0 Å². The van der Waals surface area contributed by atoms with Crippen molar-refractivity contribution in [3.63, 3.8) is 0 Å². The number of fused-ring (bicyclic) bond motifs is 4. The number of anilines is 3. The largest absolute Gasteiger partial charge is 0.279 e. The SMILES string of the molecule is CC1(C)c2ccccc2N(c2nc(-c3cccc4ccccc34)c3ccccc3n2)c2ccccc21. The van der Waals surface area contributed by atoms with Gasteiger partial charge in [-0.2, -0.15) is 0 Å². The van der Waals surface area contributed by atoms with Crippen LogP contribution in [0.3, 0.4) is 0 Å². The highest BCUT2D eigenvalue weighted by Crippen LogP contribution is 2.51. The molecule has 0 atom stereocenters. The molecule has 0 unspecified atom stereocenters. The van der Waals surface area contributed by atoms with E-state index in [0.29, 0.717) is 5.95 Å². The van der Waals surface area contributed by atoms with Crippen LogP contribution in [0, 0.1) is 0 Å². The molecule has 1 aromatic heterocycles. The minimum absolute atomic E-state index is 0.126. The maximum atomic E-state index is 5.31. The molecule has 0 saturated carbocycles. The van der Waals surface area contributed by atoms with E-state index in [1.807, 2.05) is 6.07 Å². The fraction of sp³-hybridized carbons (Fsp3) is 0.0909. The quantitative estimate of drug-likeness (QED) is 0.257. The zero-order valence-electron chi connectivity index (χ0n) is 20.3. The number of hydrogen-bond acceptors (Lipinski definition) is 3. The topological polar surface area (TPSA) is 29.0 Å². The Kier molecular flexibility index (Phi) is 4.49. The van der Waals surface area contributed by atoms with Crippen molar-refractivity contribution in [2.24, 2.45) is 0 Å². The second-order valence-electron chi connectivity index (χ2n) is 9.91. The zero-order valence-corrected chi connectivity index (χ0v) is 20.3. The van der Waals surface area contributed by atoms with Crippen LogP contribution in [-0.2, 0) is 5.41 Å². The summed E-state index contributed by atoms with van der Waals surface area (Å²) in [5.41, 5.74) is 7.67. The highest BCUT2D eigenvalue weighted by molar-refractivity contribution is 6.03. The second kappa shape index (κ2) is 7.76. The molecule has 2 heterocycles. The average Bonchev–Trinajstić information content (AvgIpc) is 2.92. The lowest BCUT2D eigenvalue weighted by Gasteiger charge is -2.41. The molecule has 0 saturated heterocycles. The van der Waals surface area contributed by atoms with E-state index in [2.05, 4.69) is 128 Å². The lowest BCUT2D eigenvalue weighted by Crippen LogP contribution is -2.31. The number of para-hydroxylation sites is 3. The maximum absolute atomic E-state index is 5.31. The van der Waals surface area contributed by atoms with Crippen molar-refractivity contribution in [3.05, 3.63) is 126 Å². The first-order chi connectivity index (χ1) is 17.6. The van der Waals surface area contributed by atoms with Gasteiger partial charge in [-0.1, -0.05) is 111 Å². The summed E-state index contributed by atoms with van der Waals surface area (Å²) >= 11 is 0. The monoisotopic (exact) mass is 463 g/mol. The summed E-state index contributed by atoms with van der Waals surface area (Å²) in [5.74, 6) is 0.687. The minimum atomic E-state index is -0.126. The maximum Gasteiger partial charge on any atom is 0.235 e. The summed E-state index contributed by atoms with van der Waals surface area (Å²) in [6, 6.07) is 40.5. The molecule has 0 radical (unpaired) electrons. The fourth-order valence-corrected chi connectivity index (χ4v) is 5.69. The van der Waals surface area contributed by atoms with Gasteiger partial charge in [0.05, 0.1) is 22.6 Å². The van der Waals surface area contributed by atoms with Gasteiger partial charge in [0, 0.05) is 16.4 Å². The molecule has 3 nitrogen and oxygen atoms in total. The van der Waals surface area contributed by atoms with Crippen LogP contribution in [0.25, 0.3) is 32.9 Å². The van der Waals surface area contributed by atoms with Crippen LogP contribution in [0.4, 0.5) is 17.3 Å². The van der Waals surface area contributed by atoms with Crippen LogP contribution in [-0.4, -0.2) is 9.97 Å². The molecule has 0 amide bonds. The Labute approximate surface area is 210 Å².